The van der Waals surface area contributed by atoms with Crippen LogP contribution in [-0.2, 0) is 0 Å². The van der Waals surface area contributed by atoms with E-state index in [2.05, 4.69) is 35.0 Å². The van der Waals surface area contributed by atoms with E-state index in [1.54, 1.807) is 11.3 Å². The predicted octanol–water partition coefficient (Wildman–Crippen LogP) is 3.95. The monoisotopic (exact) mass is 273 g/mol. The topological polar surface area (TPSA) is 21.3 Å². The van der Waals surface area contributed by atoms with Crippen LogP contribution in [0.4, 0.5) is 0 Å². The van der Waals surface area contributed by atoms with Crippen LogP contribution in [0.1, 0.15) is 32.1 Å². The van der Waals surface area contributed by atoms with Crippen molar-refractivity contribution < 1.29 is 4.74 Å². The molecule has 3 heterocycles. The third-order valence-electron chi connectivity index (χ3n) is 4.42. The molecule has 2 aromatic rings. The van der Waals surface area contributed by atoms with Crippen molar-refractivity contribution in [2.45, 2.75) is 50.3 Å². The number of ether oxygens (including phenoxy) is 1. The average molecular weight is 273 g/mol. The number of hydrogen-bond donors (Lipinski definition) is 1. The van der Waals surface area contributed by atoms with Gasteiger partial charge in [-0.05, 0) is 49.3 Å². The molecule has 0 saturated carbocycles. The van der Waals surface area contributed by atoms with Gasteiger partial charge in [0.25, 0.3) is 0 Å². The highest BCUT2D eigenvalue weighted by Gasteiger charge is 2.32. The van der Waals surface area contributed by atoms with E-state index in [-0.39, 0.29) is 0 Å². The first kappa shape index (κ1) is 11.7. The van der Waals surface area contributed by atoms with Crippen LogP contribution >= 0.6 is 11.3 Å². The summed E-state index contributed by atoms with van der Waals surface area (Å²) in [5.74, 6) is 1.07. The van der Waals surface area contributed by atoms with E-state index in [0.717, 1.165) is 18.6 Å². The second kappa shape index (κ2) is 4.80. The van der Waals surface area contributed by atoms with Crippen LogP contribution in [0, 0.1) is 0 Å². The second-order valence-electron chi connectivity index (χ2n) is 5.79. The van der Waals surface area contributed by atoms with E-state index in [1.165, 1.54) is 29.3 Å². The Morgan fingerprint density at radius 2 is 1.95 bits per heavy atom. The Morgan fingerprint density at radius 3 is 2.79 bits per heavy atom. The molecule has 1 N–H and O–H groups in total. The van der Waals surface area contributed by atoms with E-state index in [0.29, 0.717) is 18.2 Å². The fraction of sp³-hybridized carbons (Fsp3) is 0.500. The fourth-order valence-corrected chi connectivity index (χ4v) is 4.36. The Hall–Kier alpha value is -1.06. The van der Waals surface area contributed by atoms with Crippen LogP contribution in [0.25, 0.3) is 10.1 Å². The molecule has 3 heteroatoms. The quantitative estimate of drug-likeness (QED) is 0.894. The summed E-state index contributed by atoms with van der Waals surface area (Å²) in [6.45, 7) is 0. The van der Waals surface area contributed by atoms with Crippen LogP contribution in [0.5, 0.6) is 5.75 Å². The number of fused-ring (bicyclic) bond motifs is 3. The first-order chi connectivity index (χ1) is 9.38. The largest absolute Gasteiger partial charge is 0.490 e. The van der Waals surface area contributed by atoms with E-state index in [4.69, 9.17) is 4.74 Å². The highest BCUT2D eigenvalue weighted by molar-refractivity contribution is 7.17. The van der Waals surface area contributed by atoms with E-state index in [1.807, 2.05) is 0 Å². The Morgan fingerprint density at radius 1 is 1.11 bits per heavy atom. The van der Waals surface area contributed by atoms with Crippen molar-refractivity contribution >= 4 is 21.4 Å². The Bertz CT molecular complexity index is 567. The lowest BCUT2D eigenvalue weighted by Gasteiger charge is -2.40. The van der Waals surface area contributed by atoms with Crippen LogP contribution < -0.4 is 10.1 Å². The van der Waals surface area contributed by atoms with E-state index >= 15 is 0 Å². The maximum absolute atomic E-state index is 6.33. The van der Waals surface area contributed by atoms with E-state index in [9.17, 15) is 0 Å². The zero-order valence-corrected chi connectivity index (χ0v) is 11.8. The molecule has 1 aromatic carbocycles. The summed E-state index contributed by atoms with van der Waals surface area (Å²) < 4.78 is 7.66. The zero-order chi connectivity index (χ0) is 12.7. The van der Waals surface area contributed by atoms with E-state index < -0.39 is 0 Å². The van der Waals surface area contributed by atoms with Crippen molar-refractivity contribution in [3.63, 3.8) is 0 Å². The lowest BCUT2D eigenvalue weighted by Crippen LogP contribution is -2.51. The Labute approximate surface area is 117 Å². The molecule has 4 rings (SSSR count). The summed E-state index contributed by atoms with van der Waals surface area (Å²) in [6.07, 6.45) is 6.74. The Balaban J connectivity index is 1.56. The third-order valence-corrected chi connectivity index (χ3v) is 5.30. The normalized spacial score (nSPS) is 30.4. The molecular weight excluding hydrogens is 254 g/mol. The molecule has 2 aliphatic heterocycles. The summed E-state index contributed by atoms with van der Waals surface area (Å²) in [4.78, 5) is 0. The van der Waals surface area contributed by atoms with Crippen molar-refractivity contribution in [2.24, 2.45) is 0 Å². The van der Waals surface area contributed by atoms with Crippen LogP contribution in [0.3, 0.4) is 0 Å². The second-order valence-corrected chi connectivity index (χ2v) is 6.74. The molecule has 3 atom stereocenters. The average Bonchev–Trinajstić information content (AvgIpc) is 2.88. The molecule has 2 aliphatic rings. The van der Waals surface area contributed by atoms with Crippen LogP contribution in [0.15, 0.2) is 29.6 Å². The van der Waals surface area contributed by atoms with Gasteiger partial charge in [-0.3, -0.25) is 0 Å². The van der Waals surface area contributed by atoms with Gasteiger partial charge in [0.2, 0.25) is 0 Å². The summed E-state index contributed by atoms with van der Waals surface area (Å²) in [5.41, 5.74) is 0. The maximum atomic E-state index is 6.33. The molecule has 0 spiro atoms. The number of benzene rings is 1. The van der Waals surface area contributed by atoms with Gasteiger partial charge < -0.3 is 10.1 Å². The molecule has 2 bridgehead atoms. The maximum Gasteiger partial charge on any atom is 0.128 e. The summed E-state index contributed by atoms with van der Waals surface area (Å²) in [7, 11) is 0. The Kier molecular flexibility index (Phi) is 2.97. The first-order valence-electron chi connectivity index (χ1n) is 7.27. The number of thiophene rings is 1. The van der Waals surface area contributed by atoms with Gasteiger partial charge in [-0.15, -0.1) is 11.3 Å². The van der Waals surface area contributed by atoms with Gasteiger partial charge in [-0.2, -0.15) is 0 Å². The first-order valence-corrected chi connectivity index (χ1v) is 8.15. The molecule has 1 aromatic heterocycles. The molecule has 2 nitrogen and oxygen atoms in total. The van der Waals surface area contributed by atoms with Crippen molar-refractivity contribution in [3.05, 3.63) is 29.6 Å². The molecule has 0 aliphatic carbocycles. The molecule has 2 saturated heterocycles. The fourth-order valence-electron chi connectivity index (χ4n) is 3.56. The lowest BCUT2D eigenvalue weighted by atomic mass is 9.85. The number of piperidine rings is 2. The number of hydrogen-bond acceptors (Lipinski definition) is 3. The van der Waals surface area contributed by atoms with Crippen LogP contribution in [-0.4, -0.2) is 18.2 Å². The molecule has 0 radical (unpaired) electrons. The van der Waals surface area contributed by atoms with Gasteiger partial charge in [0.15, 0.2) is 0 Å². The van der Waals surface area contributed by atoms with Crippen molar-refractivity contribution in [1.82, 2.24) is 5.32 Å². The summed E-state index contributed by atoms with van der Waals surface area (Å²) in [5, 5.41) is 7.14. The van der Waals surface area contributed by atoms with Crippen molar-refractivity contribution in [3.8, 4) is 5.75 Å². The van der Waals surface area contributed by atoms with Gasteiger partial charge >= 0.3 is 0 Å². The van der Waals surface area contributed by atoms with Gasteiger partial charge in [0.05, 0.1) is 0 Å². The SMILES string of the molecule is c1cc(OC2C[C@H]3CCC[C@@H](C2)N3)c2ccsc2c1. The van der Waals surface area contributed by atoms with Gasteiger partial charge in [0.1, 0.15) is 11.9 Å². The van der Waals surface area contributed by atoms with Gasteiger partial charge in [-0.25, -0.2) is 0 Å². The minimum Gasteiger partial charge on any atom is -0.490 e. The smallest absolute Gasteiger partial charge is 0.128 e. The molecule has 1 unspecified atom stereocenters. The zero-order valence-electron chi connectivity index (χ0n) is 11.0. The molecule has 0 amide bonds. The standard InChI is InChI=1S/C16H19NOS/c1-3-11-9-13(10-12(4-1)17-11)18-15-5-2-6-16-14(15)7-8-19-16/h2,5-8,11-13,17H,1,3-4,9-10H2/t11-,12+,13?. The minimum atomic E-state index is 0.391. The third kappa shape index (κ3) is 2.26. The summed E-state index contributed by atoms with van der Waals surface area (Å²) in [6, 6.07) is 9.93. The minimum absolute atomic E-state index is 0.391. The lowest BCUT2D eigenvalue weighted by molar-refractivity contribution is 0.0940. The highest BCUT2D eigenvalue weighted by Crippen LogP contribution is 2.33. The van der Waals surface area contributed by atoms with Gasteiger partial charge in [0, 0.05) is 22.2 Å². The van der Waals surface area contributed by atoms with Crippen molar-refractivity contribution in [2.75, 3.05) is 0 Å². The summed E-state index contributed by atoms with van der Waals surface area (Å²) >= 11 is 1.79. The van der Waals surface area contributed by atoms with Gasteiger partial charge in [-0.1, -0.05) is 12.5 Å². The molecule has 19 heavy (non-hydrogen) atoms. The number of nitrogens with one attached hydrogen (secondary N) is 1. The number of rotatable bonds is 2. The molecule has 2 fully saturated rings. The highest BCUT2D eigenvalue weighted by atomic mass is 32.1. The predicted molar refractivity (Wildman–Crippen MR) is 80.0 cm³/mol. The molecule has 100 valence electrons. The molecular formula is C16H19NOS. The van der Waals surface area contributed by atoms with Crippen molar-refractivity contribution in [1.29, 1.82) is 0 Å². The van der Waals surface area contributed by atoms with Crippen LogP contribution in [0.2, 0.25) is 0 Å².